The van der Waals surface area contributed by atoms with Crippen molar-refractivity contribution >= 4 is 19.9 Å². The van der Waals surface area contributed by atoms with Gasteiger partial charge in [0, 0.05) is 0 Å². The SMILES string of the molecule is CS(C)(Cl)CCC(F)(F)F. The molecule has 0 radical (unpaired) electrons. The third-order valence-corrected chi connectivity index (χ3v) is 2.51. The van der Waals surface area contributed by atoms with Crippen LogP contribution in [0.5, 0.6) is 0 Å². The van der Waals surface area contributed by atoms with Gasteiger partial charge in [-0.3, -0.25) is 0 Å². The minimum Gasteiger partial charge on any atom is -0.171 e. The molecule has 0 nitrogen and oxygen atoms in total. The molecule has 5 heteroatoms. The molecule has 0 fully saturated rings. The summed E-state index contributed by atoms with van der Waals surface area (Å²) in [4.78, 5) is 0. The molecular formula is C5H10ClF3S. The van der Waals surface area contributed by atoms with E-state index in [2.05, 4.69) is 0 Å². The molecule has 0 aromatic heterocycles. The van der Waals surface area contributed by atoms with Crippen molar-refractivity contribution in [3.05, 3.63) is 0 Å². The van der Waals surface area contributed by atoms with E-state index in [9.17, 15) is 13.2 Å². The van der Waals surface area contributed by atoms with Crippen molar-refractivity contribution in [1.82, 2.24) is 0 Å². The number of halogens is 4. The van der Waals surface area contributed by atoms with Crippen LogP contribution in [0.25, 0.3) is 0 Å². The zero-order chi connectivity index (χ0) is 8.41. The van der Waals surface area contributed by atoms with Crippen molar-refractivity contribution in [3.8, 4) is 0 Å². The second-order valence-electron chi connectivity index (χ2n) is 2.47. The van der Waals surface area contributed by atoms with Crippen molar-refractivity contribution in [2.24, 2.45) is 0 Å². The van der Waals surface area contributed by atoms with Crippen LogP contribution in [0, 0.1) is 0 Å². The van der Waals surface area contributed by atoms with E-state index in [4.69, 9.17) is 10.7 Å². The minimum atomic E-state index is -4.06. The zero-order valence-electron chi connectivity index (χ0n) is 5.83. The first kappa shape index (κ1) is 10.4. The smallest absolute Gasteiger partial charge is 0.171 e. The summed E-state index contributed by atoms with van der Waals surface area (Å²) in [7, 11) is 4.12. The maximum atomic E-state index is 11.5. The summed E-state index contributed by atoms with van der Waals surface area (Å²) in [6, 6.07) is 0. The molecule has 0 atom stereocenters. The predicted molar refractivity (Wildman–Crippen MR) is 40.8 cm³/mol. The molecule has 0 rings (SSSR count). The van der Waals surface area contributed by atoms with Gasteiger partial charge in [-0.15, -0.1) is 0 Å². The van der Waals surface area contributed by atoms with Crippen molar-refractivity contribution in [2.45, 2.75) is 12.6 Å². The van der Waals surface area contributed by atoms with Gasteiger partial charge in [-0.1, -0.05) is 10.7 Å². The van der Waals surface area contributed by atoms with E-state index < -0.39 is 21.8 Å². The van der Waals surface area contributed by atoms with E-state index in [1.54, 1.807) is 12.5 Å². The topological polar surface area (TPSA) is 0 Å². The minimum absolute atomic E-state index is 0.0536. The summed E-state index contributed by atoms with van der Waals surface area (Å²) in [6.07, 6.45) is -1.52. The molecule has 0 aliphatic rings. The lowest BCUT2D eigenvalue weighted by atomic mass is 10.5. The summed E-state index contributed by atoms with van der Waals surface area (Å²) in [5.41, 5.74) is 0. The van der Waals surface area contributed by atoms with Crippen molar-refractivity contribution < 1.29 is 13.2 Å². The van der Waals surface area contributed by atoms with Crippen LogP contribution in [-0.2, 0) is 0 Å². The Kier molecular flexibility index (Phi) is 3.36. The van der Waals surface area contributed by atoms with Crippen LogP contribution in [0.15, 0.2) is 0 Å². The summed E-state index contributed by atoms with van der Waals surface area (Å²) in [6.45, 7) is 0. The summed E-state index contributed by atoms with van der Waals surface area (Å²) >= 11 is 0. The van der Waals surface area contributed by atoms with Crippen LogP contribution in [-0.4, -0.2) is 24.4 Å². The Bertz CT molecular complexity index is 90.4. The maximum Gasteiger partial charge on any atom is 0.389 e. The molecule has 0 heterocycles. The van der Waals surface area contributed by atoms with Gasteiger partial charge < -0.3 is 0 Å². The van der Waals surface area contributed by atoms with Crippen molar-refractivity contribution in [1.29, 1.82) is 0 Å². The Morgan fingerprint density at radius 3 is 1.80 bits per heavy atom. The average Bonchev–Trinajstić information content (AvgIpc) is 1.57. The Labute approximate surface area is 64.6 Å². The van der Waals surface area contributed by atoms with E-state index in [1.165, 1.54) is 0 Å². The number of hydrogen-bond acceptors (Lipinski definition) is 0. The molecule has 0 unspecified atom stereocenters. The molecule has 0 aliphatic heterocycles. The molecule has 0 aromatic carbocycles. The Hall–Kier alpha value is 0.430. The summed E-state index contributed by atoms with van der Waals surface area (Å²) < 4.78 is 34.6. The lowest BCUT2D eigenvalue weighted by Gasteiger charge is -2.21. The van der Waals surface area contributed by atoms with Crippen molar-refractivity contribution in [3.63, 3.8) is 0 Å². The van der Waals surface area contributed by atoms with Crippen LogP contribution >= 0.6 is 19.9 Å². The largest absolute Gasteiger partial charge is 0.389 e. The first-order valence-electron chi connectivity index (χ1n) is 2.68. The third-order valence-electron chi connectivity index (χ3n) is 0.871. The highest BCUT2D eigenvalue weighted by atomic mass is 35.7. The van der Waals surface area contributed by atoms with Crippen LogP contribution in [0.4, 0.5) is 13.2 Å². The van der Waals surface area contributed by atoms with Gasteiger partial charge in [-0.2, -0.15) is 22.4 Å². The maximum absolute atomic E-state index is 11.5. The van der Waals surface area contributed by atoms with Gasteiger partial charge in [0.05, 0.1) is 6.42 Å². The molecule has 0 bridgehead atoms. The number of rotatable bonds is 2. The molecule has 64 valence electrons. The first-order valence-corrected chi connectivity index (χ1v) is 6.12. The molecule has 10 heavy (non-hydrogen) atoms. The Morgan fingerprint density at radius 1 is 1.30 bits per heavy atom. The monoisotopic (exact) mass is 194 g/mol. The standard InChI is InChI=1S/C5H10ClF3S/c1-10(2,6)4-3-5(7,8)9/h3-4H2,1-2H3. The van der Waals surface area contributed by atoms with E-state index in [0.29, 0.717) is 0 Å². The van der Waals surface area contributed by atoms with Gasteiger partial charge in [-0.05, 0) is 18.3 Å². The Morgan fingerprint density at radius 2 is 1.70 bits per heavy atom. The molecule has 0 saturated carbocycles. The van der Waals surface area contributed by atoms with E-state index in [-0.39, 0.29) is 5.75 Å². The molecule has 0 N–H and O–H groups in total. The van der Waals surface area contributed by atoms with Crippen LogP contribution < -0.4 is 0 Å². The quantitative estimate of drug-likeness (QED) is 0.634. The lowest BCUT2D eigenvalue weighted by Crippen LogP contribution is -2.11. The van der Waals surface area contributed by atoms with E-state index in [1.807, 2.05) is 0 Å². The zero-order valence-corrected chi connectivity index (χ0v) is 7.41. The van der Waals surface area contributed by atoms with E-state index >= 15 is 0 Å². The molecule has 0 amide bonds. The first-order chi connectivity index (χ1) is 4.21. The molecular weight excluding hydrogens is 185 g/mol. The summed E-state index contributed by atoms with van der Waals surface area (Å²) in [5.74, 6) is 0.0536. The van der Waals surface area contributed by atoms with Crippen molar-refractivity contribution in [2.75, 3.05) is 18.3 Å². The lowest BCUT2D eigenvalue weighted by molar-refractivity contribution is -0.129. The second-order valence-corrected chi connectivity index (χ2v) is 8.19. The van der Waals surface area contributed by atoms with Crippen LogP contribution in [0.1, 0.15) is 6.42 Å². The van der Waals surface area contributed by atoms with Gasteiger partial charge in [-0.25, -0.2) is 0 Å². The second kappa shape index (κ2) is 3.22. The fourth-order valence-electron chi connectivity index (χ4n) is 0.358. The fourth-order valence-corrected chi connectivity index (χ4v) is 1.31. The number of hydrogen-bond donors (Lipinski definition) is 0. The Balaban J connectivity index is 3.56. The van der Waals surface area contributed by atoms with Gasteiger partial charge in [0.15, 0.2) is 0 Å². The third kappa shape index (κ3) is 8.43. The highest BCUT2D eigenvalue weighted by molar-refractivity contribution is 8.50. The average molecular weight is 195 g/mol. The van der Waals surface area contributed by atoms with Gasteiger partial charge in [0.2, 0.25) is 0 Å². The molecule has 0 aliphatic carbocycles. The predicted octanol–water partition coefficient (Wildman–Crippen LogP) is 3.16. The fraction of sp³-hybridized carbons (Fsp3) is 1.00. The molecule has 0 spiro atoms. The normalized spacial score (nSPS) is 15.4. The molecule has 0 aromatic rings. The highest BCUT2D eigenvalue weighted by Gasteiger charge is 2.28. The van der Waals surface area contributed by atoms with Gasteiger partial charge in [0.25, 0.3) is 0 Å². The van der Waals surface area contributed by atoms with Gasteiger partial charge >= 0.3 is 6.18 Å². The van der Waals surface area contributed by atoms with Gasteiger partial charge in [0.1, 0.15) is 0 Å². The number of alkyl halides is 3. The van der Waals surface area contributed by atoms with Crippen LogP contribution in [0.3, 0.4) is 0 Å². The molecule has 0 saturated heterocycles. The van der Waals surface area contributed by atoms with Crippen LogP contribution in [0.2, 0.25) is 0 Å². The van der Waals surface area contributed by atoms with E-state index in [0.717, 1.165) is 0 Å². The highest BCUT2D eigenvalue weighted by Crippen LogP contribution is 2.47. The summed E-state index contributed by atoms with van der Waals surface area (Å²) in [5, 5.41) is 0.